The fraction of sp³-hybridized carbons (Fsp3) is 0.938. The minimum atomic E-state index is 0. The molecule has 0 radical (unpaired) electrons. The maximum Gasteiger partial charge on any atom is 0.223 e. The van der Waals surface area contributed by atoms with E-state index in [1.54, 1.807) is 0 Å². The lowest BCUT2D eigenvalue weighted by Gasteiger charge is -2.57. The number of halogens is 1. The standard InChI is InChI=1S/C16H28N2O.ClH/c1-17-4-3-15(19)18(2)11-16-8-12-5-13(9-16)7-14(6-12)10-16;/h12-14,17H,3-11H2,1-2H3;1H. The Morgan fingerprint density at radius 2 is 1.65 bits per heavy atom. The summed E-state index contributed by atoms with van der Waals surface area (Å²) < 4.78 is 0. The van der Waals surface area contributed by atoms with Crippen molar-refractivity contribution in [3.8, 4) is 0 Å². The van der Waals surface area contributed by atoms with Gasteiger partial charge in [0.1, 0.15) is 0 Å². The lowest BCUT2D eigenvalue weighted by Crippen LogP contribution is -2.51. The van der Waals surface area contributed by atoms with Gasteiger partial charge in [0.2, 0.25) is 5.91 Å². The highest BCUT2D eigenvalue weighted by Gasteiger charge is 2.51. The highest BCUT2D eigenvalue weighted by Crippen LogP contribution is 2.60. The number of carbonyl (C=O) groups excluding carboxylic acids is 1. The summed E-state index contributed by atoms with van der Waals surface area (Å²) in [5.74, 6) is 3.25. The maximum atomic E-state index is 12.1. The summed E-state index contributed by atoms with van der Waals surface area (Å²) in [6.07, 6.45) is 9.26. The molecular weight excluding hydrogens is 272 g/mol. The van der Waals surface area contributed by atoms with Crippen LogP contribution in [0.2, 0.25) is 0 Å². The molecule has 0 atom stereocenters. The Kier molecular flexibility index (Phi) is 5.01. The van der Waals surface area contributed by atoms with Crippen molar-refractivity contribution < 1.29 is 4.79 Å². The summed E-state index contributed by atoms with van der Waals surface area (Å²) in [6, 6.07) is 0. The molecule has 4 rings (SSSR count). The minimum Gasteiger partial charge on any atom is -0.345 e. The zero-order chi connectivity index (χ0) is 13.5. The van der Waals surface area contributed by atoms with Crippen molar-refractivity contribution in [3.63, 3.8) is 0 Å². The number of nitrogens with one attached hydrogen (secondary N) is 1. The van der Waals surface area contributed by atoms with E-state index in [-0.39, 0.29) is 12.4 Å². The Hall–Kier alpha value is -0.280. The van der Waals surface area contributed by atoms with Gasteiger partial charge in [-0.1, -0.05) is 0 Å². The molecule has 1 N–H and O–H groups in total. The Bertz CT molecular complexity index is 323. The molecule has 0 aromatic heterocycles. The van der Waals surface area contributed by atoms with Crippen LogP contribution in [-0.4, -0.2) is 38.0 Å². The predicted molar refractivity (Wildman–Crippen MR) is 84.0 cm³/mol. The van der Waals surface area contributed by atoms with Crippen LogP contribution in [0.5, 0.6) is 0 Å². The second-order valence-electron chi connectivity index (χ2n) is 7.52. The molecule has 0 spiro atoms. The molecule has 4 aliphatic rings. The molecule has 4 fully saturated rings. The molecule has 0 unspecified atom stereocenters. The summed E-state index contributed by atoms with van der Waals surface area (Å²) in [6.45, 7) is 1.81. The van der Waals surface area contributed by atoms with E-state index in [1.807, 2.05) is 19.0 Å². The molecule has 0 heterocycles. The Morgan fingerprint density at radius 1 is 1.15 bits per heavy atom. The van der Waals surface area contributed by atoms with Gasteiger partial charge < -0.3 is 10.2 Å². The van der Waals surface area contributed by atoms with Crippen molar-refractivity contribution in [1.82, 2.24) is 10.2 Å². The van der Waals surface area contributed by atoms with Gasteiger partial charge in [0.25, 0.3) is 0 Å². The summed E-state index contributed by atoms with van der Waals surface area (Å²) in [5.41, 5.74) is 0.485. The van der Waals surface area contributed by atoms with Gasteiger partial charge >= 0.3 is 0 Å². The number of hydrogen-bond acceptors (Lipinski definition) is 2. The van der Waals surface area contributed by atoms with Crippen LogP contribution >= 0.6 is 12.4 Å². The van der Waals surface area contributed by atoms with E-state index in [0.29, 0.717) is 17.7 Å². The molecule has 1 amide bonds. The van der Waals surface area contributed by atoms with Crippen LogP contribution in [0.25, 0.3) is 0 Å². The van der Waals surface area contributed by atoms with Crippen LogP contribution in [0, 0.1) is 23.2 Å². The van der Waals surface area contributed by atoms with Gasteiger partial charge in [-0.3, -0.25) is 4.79 Å². The molecule has 0 aromatic rings. The number of nitrogens with zero attached hydrogens (tertiary/aromatic N) is 1. The number of rotatable bonds is 5. The SMILES string of the molecule is CNCCC(=O)N(C)CC12CC3CC(CC(C3)C1)C2.Cl. The number of hydrogen-bond donors (Lipinski definition) is 1. The lowest BCUT2D eigenvalue weighted by molar-refractivity contribution is -0.135. The number of amides is 1. The lowest BCUT2D eigenvalue weighted by atomic mass is 9.49. The molecule has 116 valence electrons. The predicted octanol–water partition coefficient (Wildman–Crippen LogP) is 2.69. The van der Waals surface area contributed by atoms with Crippen molar-refractivity contribution >= 4 is 18.3 Å². The highest BCUT2D eigenvalue weighted by molar-refractivity contribution is 5.85. The Balaban J connectivity index is 0.00000147. The fourth-order valence-corrected chi connectivity index (χ4v) is 5.50. The zero-order valence-corrected chi connectivity index (χ0v) is 13.7. The first-order valence-corrected chi connectivity index (χ1v) is 7.99. The van der Waals surface area contributed by atoms with Crippen molar-refractivity contribution in [2.24, 2.45) is 23.2 Å². The van der Waals surface area contributed by atoms with Gasteiger partial charge in [-0.2, -0.15) is 0 Å². The first kappa shape index (κ1) is 16.1. The van der Waals surface area contributed by atoms with Gasteiger partial charge in [0.15, 0.2) is 0 Å². The topological polar surface area (TPSA) is 32.3 Å². The first-order valence-electron chi connectivity index (χ1n) is 7.99. The Labute approximate surface area is 129 Å². The van der Waals surface area contributed by atoms with Crippen LogP contribution in [0.1, 0.15) is 44.9 Å². The van der Waals surface area contributed by atoms with Gasteiger partial charge in [0.05, 0.1) is 0 Å². The quantitative estimate of drug-likeness (QED) is 0.847. The van der Waals surface area contributed by atoms with Crippen LogP contribution in [0.15, 0.2) is 0 Å². The molecule has 4 saturated carbocycles. The minimum absolute atomic E-state index is 0. The summed E-state index contributed by atoms with van der Waals surface area (Å²) >= 11 is 0. The molecule has 0 aliphatic heterocycles. The van der Waals surface area contributed by atoms with Gasteiger partial charge in [-0.05, 0) is 68.7 Å². The monoisotopic (exact) mass is 300 g/mol. The normalized spacial score (nSPS) is 37.6. The fourth-order valence-electron chi connectivity index (χ4n) is 5.50. The van der Waals surface area contributed by atoms with Gasteiger partial charge in [-0.25, -0.2) is 0 Å². The van der Waals surface area contributed by atoms with Crippen molar-refractivity contribution in [3.05, 3.63) is 0 Å². The molecule has 20 heavy (non-hydrogen) atoms. The number of carbonyl (C=O) groups is 1. The highest BCUT2D eigenvalue weighted by atomic mass is 35.5. The third kappa shape index (κ3) is 3.14. The van der Waals surface area contributed by atoms with Gasteiger partial charge in [0, 0.05) is 26.6 Å². The maximum absolute atomic E-state index is 12.1. The summed E-state index contributed by atoms with van der Waals surface area (Å²) in [5, 5.41) is 3.07. The third-order valence-corrected chi connectivity index (χ3v) is 5.75. The van der Waals surface area contributed by atoms with Crippen molar-refractivity contribution in [2.75, 3.05) is 27.2 Å². The molecule has 4 heteroatoms. The van der Waals surface area contributed by atoms with Crippen LogP contribution in [-0.2, 0) is 4.79 Å². The molecule has 0 aromatic carbocycles. The van der Waals surface area contributed by atoms with E-state index in [2.05, 4.69) is 5.32 Å². The summed E-state index contributed by atoms with van der Waals surface area (Å²) in [4.78, 5) is 14.1. The second kappa shape index (κ2) is 6.23. The van der Waals surface area contributed by atoms with Crippen molar-refractivity contribution in [2.45, 2.75) is 44.9 Å². The average Bonchev–Trinajstić information content (AvgIpc) is 2.33. The zero-order valence-electron chi connectivity index (χ0n) is 12.9. The molecule has 4 bridgehead atoms. The van der Waals surface area contributed by atoms with Crippen molar-refractivity contribution in [1.29, 1.82) is 0 Å². The third-order valence-electron chi connectivity index (χ3n) is 5.75. The Morgan fingerprint density at radius 3 is 2.10 bits per heavy atom. The molecule has 3 nitrogen and oxygen atoms in total. The van der Waals surface area contributed by atoms with Gasteiger partial charge in [-0.15, -0.1) is 12.4 Å². The average molecular weight is 301 g/mol. The first-order chi connectivity index (χ1) is 9.10. The van der Waals surface area contributed by atoms with E-state index in [4.69, 9.17) is 0 Å². The van der Waals surface area contributed by atoms with Crippen LogP contribution < -0.4 is 5.32 Å². The van der Waals surface area contributed by atoms with E-state index in [1.165, 1.54) is 38.5 Å². The van der Waals surface area contributed by atoms with E-state index in [9.17, 15) is 4.79 Å². The van der Waals surface area contributed by atoms with E-state index in [0.717, 1.165) is 30.8 Å². The summed E-state index contributed by atoms with van der Waals surface area (Å²) in [7, 11) is 3.92. The molecule has 4 aliphatic carbocycles. The largest absolute Gasteiger partial charge is 0.345 e. The van der Waals surface area contributed by atoms with E-state index < -0.39 is 0 Å². The van der Waals surface area contributed by atoms with E-state index >= 15 is 0 Å². The molecular formula is C16H29ClN2O. The smallest absolute Gasteiger partial charge is 0.223 e. The van der Waals surface area contributed by atoms with Crippen LogP contribution in [0.4, 0.5) is 0 Å². The second-order valence-corrected chi connectivity index (χ2v) is 7.52. The molecule has 0 saturated heterocycles. The van der Waals surface area contributed by atoms with Crippen LogP contribution in [0.3, 0.4) is 0 Å².